The van der Waals surface area contributed by atoms with Gasteiger partial charge in [0, 0.05) is 6.54 Å². The normalized spacial score (nSPS) is 10.6. The Labute approximate surface area is 108 Å². The summed E-state index contributed by atoms with van der Waals surface area (Å²) in [5.74, 6) is -0.0421. The number of H-pyrrole nitrogens is 1. The molecule has 0 amide bonds. The van der Waals surface area contributed by atoms with Crippen LogP contribution < -0.4 is 10.9 Å². The molecule has 0 saturated carbocycles. The Balaban J connectivity index is 2.40. The summed E-state index contributed by atoms with van der Waals surface area (Å²) in [5, 5.41) is 2.91. The van der Waals surface area contributed by atoms with Gasteiger partial charge in [-0.05, 0) is 13.8 Å². The van der Waals surface area contributed by atoms with Crippen molar-refractivity contribution in [3.05, 3.63) is 16.7 Å². The van der Waals surface area contributed by atoms with Crippen molar-refractivity contribution in [1.29, 1.82) is 0 Å². The molecule has 2 aromatic rings. The lowest BCUT2D eigenvalue weighted by Gasteiger charge is -2.05. The number of rotatable bonds is 5. The molecule has 8 heteroatoms. The van der Waals surface area contributed by atoms with Crippen LogP contribution in [-0.2, 0) is 16.1 Å². The molecular weight excluding hydrogens is 250 g/mol. The highest BCUT2D eigenvalue weighted by Gasteiger charge is 2.12. The molecule has 0 atom stereocenters. The first-order valence-electron chi connectivity index (χ1n) is 6.00. The number of carbonyl (C=O) groups excluding carboxylic acids is 1. The Morgan fingerprint density at radius 3 is 3.00 bits per heavy atom. The Hall–Kier alpha value is -2.38. The van der Waals surface area contributed by atoms with Crippen LogP contribution in [0.1, 0.15) is 13.8 Å². The minimum atomic E-state index is -0.395. The smallest absolute Gasteiger partial charge is 0.326 e. The molecule has 0 radical (unpaired) electrons. The van der Waals surface area contributed by atoms with Crippen LogP contribution in [-0.4, -0.2) is 38.6 Å². The molecule has 102 valence electrons. The van der Waals surface area contributed by atoms with Gasteiger partial charge in [0.05, 0.1) is 12.9 Å². The molecule has 8 nitrogen and oxygen atoms in total. The van der Waals surface area contributed by atoms with E-state index in [-0.39, 0.29) is 17.6 Å². The van der Waals surface area contributed by atoms with Gasteiger partial charge in [0.2, 0.25) is 5.95 Å². The van der Waals surface area contributed by atoms with Gasteiger partial charge in [0.25, 0.3) is 5.56 Å². The number of hydrogen-bond acceptors (Lipinski definition) is 6. The van der Waals surface area contributed by atoms with Crippen molar-refractivity contribution in [1.82, 2.24) is 19.5 Å². The Morgan fingerprint density at radius 1 is 1.53 bits per heavy atom. The largest absolute Gasteiger partial charge is 0.465 e. The van der Waals surface area contributed by atoms with Gasteiger partial charge >= 0.3 is 5.97 Å². The lowest BCUT2D eigenvalue weighted by Crippen LogP contribution is -2.16. The number of carbonyl (C=O) groups is 1. The maximum atomic E-state index is 11.8. The summed E-state index contributed by atoms with van der Waals surface area (Å²) in [5.41, 5.74) is 0.210. The summed E-state index contributed by atoms with van der Waals surface area (Å²) in [7, 11) is 0. The fraction of sp³-hybridized carbons (Fsp3) is 0.455. The molecule has 2 N–H and O–H groups in total. The van der Waals surface area contributed by atoms with E-state index >= 15 is 0 Å². The molecule has 0 aliphatic rings. The van der Waals surface area contributed by atoms with Crippen molar-refractivity contribution in [2.24, 2.45) is 0 Å². The van der Waals surface area contributed by atoms with Crippen LogP contribution in [0.2, 0.25) is 0 Å². The molecular formula is C11H15N5O3. The van der Waals surface area contributed by atoms with Crippen LogP contribution in [0.3, 0.4) is 0 Å². The maximum absolute atomic E-state index is 11.8. The number of aromatic amines is 1. The molecule has 0 aliphatic carbocycles. The summed E-state index contributed by atoms with van der Waals surface area (Å²) in [6.45, 7) is 4.53. The van der Waals surface area contributed by atoms with Gasteiger partial charge in [-0.1, -0.05) is 0 Å². The lowest BCUT2D eigenvalue weighted by atomic mass is 10.5. The highest BCUT2D eigenvalue weighted by molar-refractivity contribution is 5.75. The van der Waals surface area contributed by atoms with Crippen LogP contribution in [0.4, 0.5) is 5.95 Å². The van der Waals surface area contributed by atoms with Crippen molar-refractivity contribution in [2.75, 3.05) is 18.5 Å². The van der Waals surface area contributed by atoms with Crippen molar-refractivity contribution in [3.8, 4) is 0 Å². The summed E-state index contributed by atoms with van der Waals surface area (Å²) >= 11 is 0. The topological polar surface area (TPSA) is 102 Å². The first-order chi connectivity index (χ1) is 9.15. The number of esters is 1. The van der Waals surface area contributed by atoms with E-state index in [0.29, 0.717) is 24.7 Å². The van der Waals surface area contributed by atoms with E-state index in [0.717, 1.165) is 0 Å². The van der Waals surface area contributed by atoms with Gasteiger partial charge in [-0.3, -0.25) is 14.6 Å². The number of fused-ring (bicyclic) bond motifs is 1. The van der Waals surface area contributed by atoms with E-state index in [4.69, 9.17) is 4.74 Å². The third-order valence-corrected chi connectivity index (χ3v) is 2.42. The summed E-state index contributed by atoms with van der Waals surface area (Å²) in [6.07, 6.45) is 1.40. The molecule has 0 saturated heterocycles. The predicted molar refractivity (Wildman–Crippen MR) is 68.9 cm³/mol. The van der Waals surface area contributed by atoms with Crippen LogP contribution in [0.15, 0.2) is 11.1 Å². The number of ether oxygens (including phenoxy) is 1. The summed E-state index contributed by atoms with van der Waals surface area (Å²) in [4.78, 5) is 34.0. The Morgan fingerprint density at radius 2 is 2.32 bits per heavy atom. The third kappa shape index (κ3) is 2.72. The zero-order valence-electron chi connectivity index (χ0n) is 10.8. The van der Waals surface area contributed by atoms with Crippen molar-refractivity contribution >= 4 is 23.1 Å². The van der Waals surface area contributed by atoms with Crippen LogP contribution in [0.5, 0.6) is 0 Å². The second-order valence-corrected chi connectivity index (χ2v) is 3.79. The third-order valence-electron chi connectivity index (χ3n) is 2.42. The highest BCUT2D eigenvalue weighted by atomic mass is 16.5. The standard InChI is InChI=1S/C11H15N5O3/c1-3-12-11-14-9-8(10(18)15-11)13-6-16(9)5-7(17)19-4-2/h6H,3-5H2,1-2H3,(H2,12,14,15,18). The molecule has 0 bridgehead atoms. The lowest BCUT2D eigenvalue weighted by molar-refractivity contribution is -0.143. The number of nitrogens with zero attached hydrogens (tertiary/aromatic N) is 3. The molecule has 0 unspecified atom stereocenters. The average Bonchev–Trinajstić information content (AvgIpc) is 2.74. The van der Waals surface area contributed by atoms with Crippen molar-refractivity contribution in [2.45, 2.75) is 20.4 Å². The molecule has 2 rings (SSSR count). The van der Waals surface area contributed by atoms with E-state index in [1.54, 1.807) is 6.92 Å². The summed E-state index contributed by atoms with van der Waals surface area (Å²) < 4.78 is 6.34. The van der Waals surface area contributed by atoms with Crippen molar-refractivity contribution < 1.29 is 9.53 Å². The SMILES string of the molecule is CCNc1nc2c(ncn2CC(=O)OCC)c(=O)[nH]1. The van der Waals surface area contributed by atoms with Gasteiger partial charge < -0.3 is 14.6 Å². The number of nitrogens with one attached hydrogen (secondary N) is 2. The molecule has 0 aliphatic heterocycles. The van der Waals surface area contributed by atoms with E-state index in [1.807, 2.05) is 6.92 Å². The molecule has 2 heterocycles. The first-order valence-corrected chi connectivity index (χ1v) is 6.00. The fourth-order valence-corrected chi connectivity index (χ4v) is 1.67. The number of anilines is 1. The minimum absolute atomic E-state index is 0.0215. The highest BCUT2D eigenvalue weighted by Crippen LogP contribution is 2.07. The molecule has 19 heavy (non-hydrogen) atoms. The van der Waals surface area contributed by atoms with Crippen LogP contribution in [0.25, 0.3) is 11.2 Å². The monoisotopic (exact) mass is 265 g/mol. The molecule has 0 fully saturated rings. The fourth-order valence-electron chi connectivity index (χ4n) is 1.67. The van der Waals surface area contributed by atoms with E-state index in [2.05, 4.69) is 20.3 Å². The molecule has 0 spiro atoms. The predicted octanol–water partition coefficient (Wildman–Crippen LogP) is 0.114. The number of imidazole rings is 1. The van der Waals surface area contributed by atoms with Crippen LogP contribution in [0, 0.1) is 0 Å². The van der Waals surface area contributed by atoms with E-state index < -0.39 is 5.97 Å². The summed E-state index contributed by atoms with van der Waals surface area (Å²) in [6, 6.07) is 0. The van der Waals surface area contributed by atoms with Gasteiger partial charge in [-0.25, -0.2) is 4.98 Å². The minimum Gasteiger partial charge on any atom is -0.465 e. The zero-order chi connectivity index (χ0) is 13.8. The van der Waals surface area contributed by atoms with Gasteiger partial charge in [0.15, 0.2) is 11.2 Å². The van der Waals surface area contributed by atoms with Gasteiger partial charge in [-0.2, -0.15) is 4.98 Å². The Bertz CT molecular complexity index is 645. The van der Waals surface area contributed by atoms with Crippen LogP contribution >= 0.6 is 0 Å². The Kier molecular flexibility index (Phi) is 3.79. The zero-order valence-corrected chi connectivity index (χ0v) is 10.8. The number of hydrogen-bond donors (Lipinski definition) is 2. The van der Waals surface area contributed by atoms with Gasteiger partial charge in [0.1, 0.15) is 6.54 Å². The second kappa shape index (κ2) is 5.51. The van der Waals surface area contributed by atoms with E-state index in [1.165, 1.54) is 10.9 Å². The molecule has 0 aromatic carbocycles. The van der Waals surface area contributed by atoms with E-state index in [9.17, 15) is 9.59 Å². The second-order valence-electron chi connectivity index (χ2n) is 3.79. The quantitative estimate of drug-likeness (QED) is 0.744. The first kappa shape index (κ1) is 13.1. The number of aromatic nitrogens is 4. The maximum Gasteiger partial charge on any atom is 0.326 e. The van der Waals surface area contributed by atoms with Crippen molar-refractivity contribution in [3.63, 3.8) is 0 Å². The van der Waals surface area contributed by atoms with Gasteiger partial charge in [-0.15, -0.1) is 0 Å². The average molecular weight is 265 g/mol. The molecule has 2 aromatic heterocycles.